The fraction of sp³-hybridized carbons (Fsp3) is 0.310. The zero-order chi connectivity index (χ0) is 27.5. The molecule has 202 valence electrons. The van der Waals surface area contributed by atoms with E-state index in [9.17, 15) is 13.9 Å². The molecule has 1 fully saturated rings. The summed E-state index contributed by atoms with van der Waals surface area (Å²) in [5, 5.41) is 26.7. The van der Waals surface area contributed by atoms with Crippen molar-refractivity contribution in [1.29, 1.82) is 0 Å². The molecule has 0 aromatic heterocycles. The molecule has 1 aliphatic heterocycles. The minimum atomic E-state index is -1.82. The van der Waals surface area contributed by atoms with Crippen molar-refractivity contribution in [2.45, 2.75) is 24.9 Å². The number of nitrogens with zero attached hydrogens (tertiary/aromatic N) is 1. The van der Waals surface area contributed by atoms with Crippen LogP contribution in [0.4, 0.5) is 8.78 Å². The number of benzene rings is 3. The Morgan fingerprint density at radius 3 is 1.74 bits per heavy atom. The zero-order valence-electron chi connectivity index (χ0n) is 20.8. The Morgan fingerprint density at radius 2 is 1.29 bits per heavy atom. The summed E-state index contributed by atoms with van der Waals surface area (Å²) in [5.41, 5.74) is -0.00960. The molecule has 0 atom stereocenters. The second-order valence-corrected chi connectivity index (χ2v) is 9.02. The largest absolute Gasteiger partial charge is 0.494 e. The number of carboxylic acid groups (broad SMARTS) is 2. The number of ether oxygens (including phenoxy) is 1. The lowest BCUT2D eigenvalue weighted by Gasteiger charge is -2.42. The van der Waals surface area contributed by atoms with Crippen LogP contribution in [0, 0.1) is 17.6 Å². The lowest BCUT2D eigenvalue weighted by Crippen LogP contribution is -2.44. The normalized spacial score (nSPS) is 14.3. The number of likely N-dealkylation sites (tertiary alicyclic amines) is 1. The molecule has 7 nitrogen and oxygen atoms in total. The van der Waals surface area contributed by atoms with Gasteiger partial charge >= 0.3 is 11.9 Å². The second-order valence-electron chi connectivity index (χ2n) is 9.02. The SMILES string of the molecule is O=C(O)C(=O)O.OC(c1ccc(F)cc1)(c1ccc(F)cc1)C1CCN(CCCOc2ccccc2)CC1. The van der Waals surface area contributed by atoms with E-state index in [1.54, 1.807) is 24.3 Å². The number of rotatable bonds is 8. The Balaban J connectivity index is 0.000000599. The molecule has 38 heavy (non-hydrogen) atoms. The number of para-hydroxylation sites is 1. The highest BCUT2D eigenvalue weighted by atomic mass is 19.1. The molecule has 3 aromatic rings. The third-order valence-corrected chi connectivity index (χ3v) is 6.56. The van der Waals surface area contributed by atoms with Gasteiger partial charge in [0.15, 0.2) is 0 Å². The Kier molecular flexibility index (Phi) is 10.3. The van der Waals surface area contributed by atoms with Gasteiger partial charge in [0, 0.05) is 6.54 Å². The molecule has 3 aromatic carbocycles. The maximum Gasteiger partial charge on any atom is 0.414 e. The first kappa shape index (κ1) is 28.7. The summed E-state index contributed by atoms with van der Waals surface area (Å²) >= 11 is 0. The predicted octanol–water partition coefficient (Wildman–Crippen LogP) is 4.54. The Bertz CT molecular complexity index is 1110. The van der Waals surface area contributed by atoms with Crippen molar-refractivity contribution in [2.24, 2.45) is 5.92 Å². The highest BCUT2D eigenvalue weighted by Gasteiger charge is 2.41. The standard InChI is InChI=1S/C27H29F2NO2.C2H2O4/c28-24-11-7-21(8-12-24)27(31,22-9-13-25(29)14-10-22)23-15-18-30(19-16-23)17-4-20-32-26-5-2-1-3-6-26;3-1(4)2(5)6/h1-3,5-14,23,31H,4,15-20H2;(H,3,4)(H,5,6). The van der Waals surface area contributed by atoms with Crippen LogP contribution >= 0.6 is 0 Å². The molecule has 3 N–H and O–H groups in total. The van der Waals surface area contributed by atoms with Crippen LogP contribution in [0.25, 0.3) is 0 Å². The van der Waals surface area contributed by atoms with Crippen molar-refractivity contribution in [3.05, 3.63) is 102 Å². The highest BCUT2D eigenvalue weighted by molar-refractivity contribution is 6.27. The van der Waals surface area contributed by atoms with Gasteiger partial charge in [0.1, 0.15) is 23.0 Å². The van der Waals surface area contributed by atoms with Gasteiger partial charge in [-0.05, 0) is 85.8 Å². The van der Waals surface area contributed by atoms with E-state index in [2.05, 4.69) is 4.90 Å². The summed E-state index contributed by atoms with van der Waals surface area (Å²) < 4.78 is 32.8. The van der Waals surface area contributed by atoms with Crippen LogP contribution in [0.1, 0.15) is 30.4 Å². The molecule has 0 radical (unpaired) electrons. The van der Waals surface area contributed by atoms with Gasteiger partial charge in [-0.1, -0.05) is 42.5 Å². The molecule has 4 rings (SSSR count). The maximum absolute atomic E-state index is 13.5. The molecular formula is C29H31F2NO6. The van der Waals surface area contributed by atoms with Gasteiger partial charge in [0.05, 0.1) is 6.61 Å². The van der Waals surface area contributed by atoms with Crippen molar-refractivity contribution in [2.75, 3.05) is 26.2 Å². The number of hydrogen-bond acceptors (Lipinski definition) is 5. The number of aliphatic hydroxyl groups is 1. The predicted molar refractivity (Wildman–Crippen MR) is 137 cm³/mol. The summed E-state index contributed by atoms with van der Waals surface area (Å²) in [7, 11) is 0. The lowest BCUT2D eigenvalue weighted by molar-refractivity contribution is -0.159. The molecule has 1 aliphatic rings. The van der Waals surface area contributed by atoms with Gasteiger partial charge in [0.25, 0.3) is 0 Å². The first-order chi connectivity index (χ1) is 18.2. The van der Waals surface area contributed by atoms with Gasteiger partial charge in [0.2, 0.25) is 0 Å². The third-order valence-electron chi connectivity index (χ3n) is 6.56. The number of hydrogen-bond donors (Lipinski definition) is 3. The van der Waals surface area contributed by atoms with E-state index in [-0.39, 0.29) is 17.6 Å². The van der Waals surface area contributed by atoms with E-state index in [1.165, 1.54) is 24.3 Å². The van der Waals surface area contributed by atoms with Crippen LogP contribution in [-0.4, -0.2) is 58.4 Å². The van der Waals surface area contributed by atoms with Crippen molar-refractivity contribution < 1.29 is 38.4 Å². The topological polar surface area (TPSA) is 107 Å². The van der Waals surface area contributed by atoms with E-state index in [4.69, 9.17) is 24.5 Å². The number of aliphatic carboxylic acids is 2. The van der Waals surface area contributed by atoms with Gasteiger partial charge in [-0.25, -0.2) is 18.4 Å². The fourth-order valence-corrected chi connectivity index (χ4v) is 4.62. The summed E-state index contributed by atoms with van der Waals surface area (Å²) in [5.74, 6) is -3.50. The maximum atomic E-state index is 13.5. The summed E-state index contributed by atoms with van der Waals surface area (Å²) in [4.78, 5) is 20.6. The van der Waals surface area contributed by atoms with Gasteiger partial charge < -0.3 is 25.0 Å². The van der Waals surface area contributed by atoms with Crippen LogP contribution in [0.5, 0.6) is 5.75 Å². The summed E-state index contributed by atoms with van der Waals surface area (Å²) in [6.45, 7) is 3.32. The Hall–Kier alpha value is -3.82. The van der Waals surface area contributed by atoms with Crippen molar-refractivity contribution >= 4 is 11.9 Å². The van der Waals surface area contributed by atoms with Gasteiger partial charge in [-0.3, -0.25) is 0 Å². The minimum Gasteiger partial charge on any atom is -0.494 e. The number of carbonyl (C=O) groups is 2. The molecule has 0 aliphatic carbocycles. The highest BCUT2D eigenvalue weighted by Crippen LogP contribution is 2.42. The van der Waals surface area contributed by atoms with Crippen LogP contribution in [-0.2, 0) is 15.2 Å². The van der Waals surface area contributed by atoms with Crippen molar-refractivity contribution in [3.8, 4) is 5.75 Å². The summed E-state index contributed by atoms with van der Waals surface area (Å²) in [6.07, 6.45) is 2.52. The molecule has 0 amide bonds. The monoisotopic (exact) mass is 527 g/mol. The van der Waals surface area contributed by atoms with E-state index < -0.39 is 17.5 Å². The van der Waals surface area contributed by atoms with E-state index in [0.717, 1.165) is 44.6 Å². The molecular weight excluding hydrogens is 496 g/mol. The average Bonchev–Trinajstić information content (AvgIpc) is 2.93. The van der Waals surface area contributed by atoms with Gasteiger partial charge in [-0.15, -0.1) is 0 Å². The number of halogens is 2. The third kappa shape index (κ3) is 7.84. The van der Waals surface area contributed by atoms with Crippen LogP contribution in [0.15, 0.2) is 78.9 Å². The molecule has 0 saturated carbocycles. The molecule has 0 bridgehead atoms. The molecule has 0 spiro atoms. The average molecular weight is 528 g/mol. The quantitative estimate of drug-likeness (QED) is 0.292. The van der Waals surface area contributed by atoms with Crippen molar-refractivity contribution in [1.82, 2.24) is 4.90 Å². The Labute approximate surface area is 219 Å². The van der Waals surface area contributed by atoms with Crippen LogP contribution < -0.4 is 4.74 Å². The first-order valence-corrected chi connectivity index (χ1v) is 12.3. The van der Waals surface area contributed by atoms with Crippen LogP contribution in [0.3, 0.4) is 0 Å². The smallest absolute Gasteiger partial charge is 0.414 e. The van der Waals surface area contributed by atoms with Crippen molar-refractivity contribution in [3.63, 3.8) is 0 Å². The lowest BCUT2D eigenvalue weighted by atomic mass is 9.72. The van der Waals surface area contributed by atoms with E-state index in [0.29, 0.717) is 17.7 Å². The molecule has 1 saturated heterocycles. The van der Waals surface area contributed by atoms with Crippen LogP contribution in [0.2, 0.25) is 0 Å². The first-order valence-electron chi connectivity index (χ1n) is 12.3. The molecule has 1 heterocycles. The van der Waals surface area contributed by atoms with E-state index >= 15 is 0 Å². The summed E-state index contributed by atoms with van der Waals surface area (Å²) in [6, 6.07) is 21.8. The number of piperidine rings is 1. The van der Waals surface area contributed by atoms with E-state index in [1.807, 2.05) is 30.3 Å². The van der Waals surface area contributed by atoms with Gasteiger partial charge in [-0.2, -0.15) is 0 Å². The minimum absolute atomic E-state index is 0.0461. The second kappa shape index (κ2) is 13.6. The Morgan fingerprint density at radius 1 is 0.816 bits per heavy atom. The fourth-order valence-electron chi connectivity index (χ4n) is 4.62. The zero-order valence-corrected chi connectivity index (χ0v) is 20.8. The molecule has 9 heteroatoms. The number of carboxylic acids is 2. The molecule has 0 unspecified atom stereocenters.